The number of likely N-dealkylation sites (N-methyl/N-ethyl adjacent to an activating group) is 1. The zero-order valence-electron chi connectivity index (χ0n) is 13.6. The molecule has 7 nitrogen and oxygen atoms in total. The molecule has 3 rings (SSSR count). The van der Waals surface area contributed by atoms with E-state index in [1.165, 1.54) is 0 Å². The van der Waals surface area contributed by atoms with Gasteiger partial charge < -0.3 is 14.9 Å². The number of nitrogens with zero attached hydrogens (tertiary/aromatic N) is 6. The van der Waals surface area contributed by atoms with Gasteiger partial charge in [-0.25, -0.2) is 0 Å². The smallest absolute Gasteiger partial charge is 0.200 e. The molecule has 1 saturated heterocycles. The Morgan fingerprint density at radius 1 is 1.36 bits per heavy atom. The van der Waals surface area contributed by atoms with E-state index < -0.39 is 0 Å². The van der Waals surface area contributed by atoms with Crippen molar-refractivity contribution in [1.29, 1.82) is 0 Å². The van der Waals surface area contributed by atoms with Crippen LogP contribution in [0.1, 0.15) is 31.9 Å². The maximum absolute atomic E-state index is 10.2. The zero-order valence-corrected chi connectivity index (χ0v) is 13.6. The summed E-state index contributed by atoms with van der Waals surface area (Å²) < 4.78 is 1.75. The van der Waals surface area contributed by atoms with Gasteiger partial charge in [0.05, 0.1) is 23.5 Å². The summed E-state index contributed by atoms with van der Waals surface area (Å²) in [5.41, 5.74) is 2.85. The van der Waals surface area contributed by atoms with Crippen molar-refractivity contribution in [2.24, 2.45) is 0 Å². The Hall–Kier alpha value is -1.73. The van der Waals surface area contributed by atoms with Gasteiger partial charge in [-0.1, -0.05) is 13.8 Å². The Balaban J connectivity index is 2.00. The number of aliphatic hydroxyl groups excluding tert-OH is 1. The van der Waals surface area contributed by atoms with E-state index in [1.54, 1.807) is 10.8 Å². The summed E-state index contributed by atoms with van der Waals surface area (Å²) >= 11 is 0. The molecule has 1 aliphatic heterocycles. The third-order valence-corrected chi connectivity index (χ3v) is 4.41. The number of hydrogen-bond donors (Lipinski definition) is 1. The highest BCUT2D eigenvalue weighted by atomic mass is 16.3. The van der Waals surface area contributed by atoms with Gasteiger partial charge in [0.2, 0.25) is 5.65 Å². The van der Waals surface area contributed by atoms with Gasteiger partial charge in [0.25, 0.3) is 0 Å². The van der Waals surface area contributed by atoms with Crippen molar-refractivity contribution >= 4 is 11.3 Å². The van der Waals surface area contributed by atoms with Crippen LogP contribution in [0, 0.1) is 0 Å². The monoisotopic (exact) mass is 304 g/mol. The van der Waals surface area contributed by atoms with Gasteiger partial charge in [0.1, 0.15) is 6.33 Å². The first kappa shape index (κ1) is 15.2. The molecular formula is C15H24N6O. The number of rotatable bonds is 3. The number of hydrogen-bond acceptors (Lipinski definition) is 6. The third-order valence-electron chi connectivity index (χ3n) is 4.41. The molecule has 2 aromatic heterocycles. The fourth-order valence-electron chi connectivity index (χ4n) is 2.99. The minimum absolute atomic E-state index is 0.118. The van der Waals surface area contributed by atoms with E-state index in [0.29, 0.717) is 5.92 Å². The number of anilines is 1. The summed E-state index contributed by atoms with van der Waals surface area (Å²) in [5, 5.41) is 23.0. The van der Waals surface area contributed by atoms with Crippen LogP contribution >= 0.6 is 0 Å². The average molecular weight is 304 g/mol. The van der Waals surface area contributed by atoms with Crippen molar-refractivity contribution < 1.29 is 5.11 Å². The fraction of sp³-hybridized carbons (Fsp3) is 0.667. The Bertz CT molecular complexity index is 653. The first-order valence-electron chi connectivity index (χ1n) is 7.77. The van der Waals surface area contributed by atoms with Crippen LogP contribution in [0.2, 0.25) is 0 Å². The molecule has 0 aromatic carbocycles. The molecular weight excluding hydrogens is 280 g/mol. The van der Waals surface area contributed by atoms with Gasteiger partial charge >= 0.3 is 0 Å². The van der Waals surface area contributed by atoms with Gasteiger partial charge in [-0.15, -0.1) is 10.2 Å². The molecule has 0 bridgehead atoms. The molecule has 120 valence electrons. The SMILES string of the molecule is CC(C)c1cc(N2CC[C@H](O)[C@H](N(C)C)C2)c2nncn2n1. The molecule has 2 aromatic rings. The first-order valence-corrected chi connectivity index (χ1v) is 7.77. The van der Waals surface area contributed by atoms with Gasteiger partial charge in [-0.05, 0) is 32.5 Å². The molecule has 1 N–H and O–H groups in total. The molecule has 22 heavy (non-hydrogen) atoms. The van der Waals surface area contributed by atoms with Crippen molar-refractivity contribution in [3.63, 3.8) is 0 Å². The highest BCUT2D eigenvalue weighted by Crippen LogP contribution is 2.27. The number of fused-ring (bicyclic) bond motifs is 1. The Kier molecular flexibility index (Phi) is 4.01. The number of aromatic nitrogens is 4. The second-order valence-corrected chi connectivity index (χ2v) is 6.54. The van der Waals surface area contributed by atoms with Gasteiger partial charge in [0, 0.05) is 13.1 Å². The summed E-state index contributed by atoms with van der Waals surface area (Å²) in [6, 6.07) is 2.23. The van der Waals surface area contributed by atoms with Gasteiger partial charge in [0.15, 0.2) is 0 Å². The van der Waals surface area contributed by atoms with Crippen LogP contribution in [0.3, 0.4) is 0 Å². The molecule has 2 atom stereocenters. The molecule has 1 fully saturated rings. The summed E-state index contributed by atoms with van der Waals surface area (Å²) in [5.74, 6) is 0.338. The van der Waals surface area contributed by atoms with Crippen LogP contribution in [0.5, 0.6) is 0 Å². The second-order valence-electron chi connectivity index (χ2n) is 6.54. The minimum Gasteiger partial charge on any atom is -0.391 e. The standard InChI is InChI=1S/C15H24N6O/c1-10(2)11-7-12(15-17-16-9-21(15)18-11)20-6-5-14(22)13(8-20)19(3)4/h7,9-10,13-14,22H,5-6,8H2,1-4H3/t13-,14+/m1/s1. The molecule has 0 saturated carbocycles. The predicted molar refractivity (Wildman–Crippen MR) is 85.2 cm³/mol. The molecule has 7 heteroatoms. The third kappa shape index (κ3) is 2.66. The van der Waals surface area contributed by atoms with Crippen molar-refractivity contribution in [2.45, 2.75) is 38.3 Å². The molecule has 0 radical (unpaired) electrons. The normalized spacial score (nSPS) is 23.0. The van der Waals surface area contributed by atoms with E-state index in [0.717, 1.165) is 36.5 Å². The molecule has 0 amide bonds. The van der Waals surface area contributed by atoms with Crippen LogP contribution in [0.15, 0.2) is 12.4 Å². The minimum atomic E-state index is -0.286. The van der Waals surface area contributed by atoms with E-state index in [-0.39, 0.29) is 12.1 Å². The van der Waals surface area contributed by atoms with E-state index in [2.05, 4.69) is 45.0 Å². The molecule has 1 aliphatic rings. The van der Waals surface area contributed by atoms with Gasteiger partial charge in [-0.3, -0.25) is 0 Å². The fourth-order valence-corrected chi connectivity index (χ4v) is 2.99. The maximum Gasteiger partial charge on any atom is 0.200 e. The molecule has 0 unspecified atom stereocenters. The van der Waals surface area contributed by atoms with E-state index >= 15 is 0 Å². The average Bonchev–Trinajstić information content (AvgIpc) is 2.94. The summed E-state index contributed by atoms with van der Waals surface area (Å²) in [6.45, 7) is 5.85. The summed E-state index contributed by atoms with van der Waals surface area (Å²) in [4.78, 5) is 4.37. The zero-order chi connectivity index (χ0) is 15.9. The molecule has 0 spiro atoms. The van der Waals surface area contributed by atoms with E-state index in [9.17, 15) is 5.11 Å². The van der Waals surface area contributed by atoms with E-state index in [4.69, 9.17) is 0 Å². The summed E-state index contributed by atoms with van der Waals surface area (Å²) in [6.07, 6.45) is 2.11. The lowest BCUT2D eigenvalue weighted by atomic mass is 10.0. The Morgan fingerprint density at radius 3 is 2.82 bits per heavy atom. The van der Waals surface area contributed by atoms with Gasteiger partial charge in [-0.2, -0.15) is 9.61 Å². The largest absolute Gasteiger partial charge is 0.391 e. The highest BCUT2D eigenvalue weighted by molar-refractivity contribution is 5.68. The lowest BCUT2D eigenvalue weighted by Gasteiger charge is -2.40. The Morgan fingerprint density at radius 2 is 2.14 bits per heavy atom. The van der Waals surface area contributed by atoms with Crippen LogP contribution in [0.25, 0.3) is 5.65 Å². The van der Waals surface area contributed by atoms with Crippen LogP contribution in [0.4, 0.5) is 5.69 Å². The van der Waals surface area contributed by atoms with Crippen molar-refractivity contribution in [3.8, 4) is 0 Å². The van der Waals surface area contributed by atoms with Crippen molar-refractivity contribution in [1.82, 2.24) is 24.7 Å². The quantitative estimate of drug-likeness (QED) is 0.902. The van der Waals surface area contributed by atoms with Crippen LogP contribution < -0.4 is 4.90 Å². The lowest BCUT2D eigenvalue weighted by molar-refractivity contribution is 0.0603. The van der Waals surface area contributed by atoms with Crippen molar-refractivity contribution in [2.75, 3.05) is 32.1 Å². The summed E-state index contributed by atoms with van der Waals surface area (Å²) in [7, 11) is 4.02. The Labute approximate surface area is 130 Å². The van der Waals surface area contributed by atoms with Crippen LogP contribution in [-0.4, -0.2) is 69.1 Å². The van der Waals surface area contributed by atoms with E-state index in [1.807, 2.05) is 14.1 Å². The highest BCUT2D eigenvalue weighted by Gasteiger charge is 2.30. The predicted octanol–water partition coefficient (Wildman–Crippen LogP) is 0.749. The maximum atomic E-state index is 10.2. The molecule has 3 heterocycles. The van der Waals surface area contributed by atoms with Crippen LogP contribution in [-0.2, 0) is 0 Å². The number of piperidine rings is 1. The first-order chi connectivity index (χ1) is 10.5. The second kappa shape index (κ2) is 5.81. The topological polar surface area (TPSA) is 69.8 Å². The lowest BCUT2D eigenvalue weighted by Crippen LogP contribution is -2.53. The van der Waals surface area contributed by atoms with Crippen molar-refractivity contribution in [3.05, 3.63) is 18.1 Å². The molecule has 0 aliphatic carbocycles. The number of aliphatic hydroxyl groups is 1.